The van der Waals surface area contributed by atoms with Crippen LogP contribution in [0, 0.1) is 0 Å². The van der Waals surface area contributed by atoms with Gasteiger partial charge in [-0.15, -0.1) is 0 Å². The molecule has 2 amide bonds. The lowest BCUT2D eigenvalue weighted by Gasteiger charge is -2.37. The maximum atomic E-state index is 12.3. The van der Waals surface area contributed by atoms with Crippen molar-refractivity contribution in [3.63, 3.8) is 0 Å². The Kier molecular flexibility index (Phi) is 6.18. The van der Waals surface area contributed by atoms with Gasteiger partial charge in [-0.2, -0.15) is 4.98 Å². The predicted octanol–water partition coefficient (Wildman–Crippen LogP) is 0.994. The van der Waals surface area contributed by atoms with Gasteiger partial charge in [0.2, 0.25) is 11.8 Å². The number of carbonyl (C=O) groups is 2. The van der Waals surface area contributed by atoms with Gasteiger partial charge in [-0.25, -0.2) is 0 Å². The van der Waals surface area contributed by atoms with E-state index in [1.54, 1.807) is 0 Å². The first-order valence-corrected chi connectivity index (χ1v) is 9.22. The highest BCUT2D eigenvalue weighted by Crippen LogP contribution is 2.16. The monoisotopic (exact) mass is 371 g/mol. The van der Waals surface area contributed by atoms with Crippen LogP contribution in [-0.2, 0) is 16.0 Å². The van der Waals surface area contributed by atoms with E-state index >= 15 is 0 Å². The number of nitrogens with one attached hydrogen (secondary N) is 2. The number of hydrogen-bond donors (Lipinski definition) is 2. The summed E-state index contributed by atoms with van der Waals surface area (Å²) in [6.07, 6.45) is 0.609. The third-order valence-electron chi connectivity index (χ3n) is 4.57. The highest BCUT2D eigenvalue weighted by Gasteiger charge is 2.32. The second-order valence-corrected chi connectivity index (χ2v) is 6.82. The van der Waals surface area contributed by atoms with Crippen molar-refractivity contribution < 1.29 is 14.1 Å². The molecule has 2 N–H and O–H groups in total. The van der Waals surface area contributed by atoms with Crippen LogP contribution in [0.25, 0.3) is 11.5 Å². The first kappa shape index (κ1) is 19.0. The Morgan fingerprint density at radius 2 is 2.15 bits per heavy atom. The van der Waals surface area contributed by atoms with E-state index in [1.807, 2.05) is 44.2 Å². The van der Waals surface area contributed by atoms with E-state index in [1.165, 1.54) is 0 Å². The zero-order chi connectivity index (χ0) is 19.2. The fourth-order valence-corrected chi connectivity index (χ4v) is 3.18. The summed E-state index contributed by atoms with van der Waals surface area (Å²) in [6, 6.07) is 9.31. The minimum Gasteiger partial charge on any atom is -0.356 e. The highest BCUT2D eigenvalue weighted by atomic mass is 16.5. The topological polar surface area (TPSA) is 100 Å². The van der Waals surface area contributed by atoms with Gasteiger partial charge in [-0.3, -0.25) is 14.5 Å². The minimum atomic E-state index is -0.423. The van der Waals surface area contributed by atoms with Crippen molar-refractivity contribution in [3.8, 4) is 11.5 Å². The van der Waals surface area contributed by atoms with Crippen LogP contribution < -0.4 is 10.6 Å². The molecule has 1 aromatic heterocycles. The largest absolute Gasteiger partial charge is 0.356 e. The molecule has 1 saturated heterocycles. The Balaban J connectivity index is 1.48. The first-order valence-electron chi connectivity index (χ1n) is 9.22. The molecular weight excluding hydrogens is 346 g/mol. The number of benzene rings is 1. The van der Waals surface area contributed by atoms with Gasteiger partial charge in [0.1, 0.15) is 0 Å². The molecule has 0 aliphatic carbocycles. The number of piperazine rings is 1. The molecule has 1 unspecified atom stereocenters. The average molecular weight is 371 g/mol. The van der Waals surface area contributed by atoms with Crippen LogP contribution in [0.2, 0.25) is 0 Å². The molecule has 144 valence electrons. The van der Waals surface area contributed by atoms with Crippen molar-refractivity contribution in [1.29, 1.82) is 0 Å². The average Bonchev–Trinajstić information content (AvgIpc) is 3.13. The molecule has 3 rings (SSSR count). The van der Waals surface area contributed by atoms with Crippen molar-refractivity contribution >= 4 is 11.8 Å². The lowest BCUT2D eigenvalue weighted by Crippen LogP contribution is -2.58. The van der Waals surface area contributed by atoms with Crippen LogP contribution in [0.3, 0.4) is 0 Å². The standard InChI is InChI=1S/C19H25N5O3/c1-13(2)24-11-10-21-18(26)15(24)12-17(25)20-9-8-16-22-19(27-23-16)14-6-4-3-5-7-14/h3-7,13,15H,8-12H2,1-2H3,(H,20,25)(H,21,26). The van der Waals surface area contributed by atoms with Crippen LogP contribution in [0.15, 0.2) is 34.9 Å². The summed E-state index contributed by atoms with van der Waals surface area (Å²) < 4.78 is 5.25. The number of carbonyl (C=O) groups excluding carboxylic acids is 2. The number of hydrogen-bond acceptors (Lipinski definition) is 6. The van der Waals surface area contributed by atoms with Gasteiger partial charge >= 0.3 is 0 Å². The highest BCUT2D eigenvalue weighted by molar-refractivity contribution is 5.88. The van der Waals surface area contributed by atoms with Crippen LogP contribution in [0.4, 0.5) is 0 Å². The van der Waals surface area contributed by atoms with Crippen molar-refractivity contribution in [3.05, 3.63) is 36.2 Å². The van der Waals surface area contributed by atoms with E-state index in [9.17, 15) is 9.59 Å². The summed E-state index contributed by atoms with van der Waals surface area (Å²) in [5.74, 6) is 0.752. The second kappa shape index (κ2) is 8.77. The van der Waals surface area contributed by atoms with E-state index in [-0.39, 0.29) is 24.3 Å². The van der Waals surface area contributed by atoms with Crippen LogP contribution in [0.1, 0.15) is 26.1 Å². The number of nitrogens with zero attached hydrogens (tertiary/aromatic N) is 3. The Morgan fingerprint density at radius 3 is 2.89 bits per heavy atom. The first-order chi connectivity index (χ1) is 13.0. The molecule has 8 nitrogen and oxygen atoms in total. The number of aromatic nitrogens is 2. The fourth-order valence-electron chi connectivity index (χ4n) is 3.18. The van der Waals surface area contributed by atoms with Crippen LogP contribution in [0.5, 0.6) is 0 Å². The molecule has 0 saturated carbocycles. The van der Waals surface area contributed by atoms with Gasteiger partial charge in [0.25, 0.3) is 5.89 Å². The molecule has 1 aliphatic heterocycles. The maximum Gasteiger partial charge on any atom is 0.257 e. The number of rotatable bonds is 7. The molecule has 0 radical (unpaired) electrons. The zero-order valence-electron chi connectivity index (χ0n) is 15.6. The predicted molar refractivity (Wildman–Crippen MR) is 99.7 cm³/mol. The van der Waals surface area contributed by atoms with Crippen LogP contribution in [-0.4, -0.2) is 58.6 Å². The van der Waals surface area contributed by atoms with E-state index in [0.717, 1.165) is 12.1 Å². The van der Waals surface area contributed by atoms with E-state index < -0.39 is 6.04 Å². The summed E-state index contributed by atoms with van der Waals surface area (Å²) in [5.41, 5.74) is 0.859. The molecular formula is C19H25N5O3. The summed E-state index contributed by atoms with van der Waals surface area (Å²) in [7, 11) is 0. The normalized spacial score (nSPS) is 17.7. The van der Waals surface area contributed by atoms with Crippen molar-refractivity contribution in [1.82, 2.24) is 25.7 Å². The SMILES string of the molecule is CC(C)N1CCNC(=O)C1CC(=O)NCCc1noc(-c2ccccc2)n1. The third-order valence-corrected chi connectivity index (χ3v) is 4.57. The molecule has 1 atom stereocenters. The Hall–Kier alpha value is -2.74. The maximum absolute atomic E-state index is 12.3. The Labute approximate surface area is 158 Å². The Bertz CT molecular complexity index is 775. The van der Waals surface area contributed by atoms with Crippen molar-refractivity contribution in [2.24, 2.45) is 0 Å². The molecule has 8 heteroatoms. The summed E-state index contributed by atoms with van der Waals surface area (Å²) in [6.45, 7) is 5.83. The van der Waals surface area contributed by atoms with Gasteiger partial charge in [0, 0.05) is 37.7 Å². The smallest absolute Gasteiger partial charge is 0.257 e. The Morgan fingerprint density at radius 1 is 1.37 bits per heavy atom. The second-order valence-electron chi connectivity index (χ2n) is 6.82. The molecule has 1 aromatic carbocycles. The van der Waals surface area contributed by atoms with Gasteiger partial charge < -0.3 is 15.2 Å². The molecule has 0 spiro atoms. The molecule has 27 heavy (non-hydrogen) atoms. The quantitative estimate of drug-likeness (QED) is 0.753. The van der Waals surface area contributed by atoms with E-state index in [0.29, 0.717) is 31.2 Å². The van der Waals surface area contributed by atoms with Gasteiger partial charge in [0.15, 0.2) is 5.82 Å². The molecule has 2 heterocycles. The lowest BCUT2D eigenvalue weighted by atomic mass is 10.1. The zero-order valence-corrected chi connectivity index (χ0v) is 15.6. The van der Waals surface area contributed by atoms with Gasteiger partial charge in [-0.1, -0.05) is 23.4 Å². The van der Waals surface area contributed by atoms with E-state index in [2.05, 4.69) is 25.7 Å². The van der Waals surface area contributed by atoms with E-state index in [4.69, 9.17) is 4.52 Å². The minimum absolute atomic E-state index is 0.0872. The van der Waals surface area contributed by atoms with Crippen LogP contribution >= 0.6 is 0 Å². The molecule has 0 bridgehead atoms. The lowest BCUT2D eigenvalue weighted by molar-refractivity contribution is -0.134. The summed E-state index contributed by atoms with van der Waals surface area (Å²) in [5, 5.41) is 9.61. The van der Waals surface area contributed by atoms with Gasteiger partial charge in [0.05, 0.1) is 12.5 Å². The van der Waals surface area contributed by atoms with Crippen molar-refractivity contribution in [2.75, 3.05) is 19.6 Å². The fraction of sp³-hybridized carbons (Fsp3) is 0.474. The van der Waals surface area contributed by atoms with Crippen molar-refractivity contribution in [2.45, 2.75) is 38.8 Å². The van der Waals surface area contributed by atoms with Gasteiger partial charge in [-0.05, 0) is 26.0 Å². The molecule has 1 aliphatic rings. The third kappa shape index (κ3) is 4.91. The summed E-state index contributed by atoms with van der Waals surface area (Å²) >= 11 is 0. The molecule has 1 fully saturated rings. The number of amides is 2. The molecule has 2 aromatic rings. The summed E-state index contributed by atoms with van der Waals surface area (Å²) in [4.78, 5) is 30.8.